The van der Waals surface area contributed by atoms with Crippen molar-refractivity contribution >= 4 is 0 Å². The molecule has 2 aromatic heterocycles. The average Bonchev–Trinajstić information content (AvgIpc) is 2.94. The fourth-order valence-corrected chi connectivity index (χ4v) is 2.76. The van der Waals surface area contributed by atoms with E-state index in [9.17, 15) is 5.11 Å². The molecule has 0 bridgehead atoms. The largest absolute Gasteiger partial charge is 0.507 e. The second-order valence-electron chi connectivity index (χ2n) is 5.09. The van der Waals surface area contributed by atoms with E-state index in [0.717, 1.165) is 41.0 Å². The Morgan fingerprint density at radius 2 is 1.77 bits per heavy atom. The Hall–Kier alpha value is -2.62. The number of nitrogens with zero attached hydrogens (tertiary/aromatic N) is 3. The summed E-state index contributed by atoms with van der Waals surface area (Å²) in [6, 6.07) is 11.4. The molecule has 0 aliphatic heterocycles. The summed E-state index contributed by atoms with van der Waals surface area (Å²) in [7, 11) is 0. The maximum atomic E-state index is 10.3. The molecule has 0 aliphatic carbocycles. The van der Waals surface area contributed by atoms with E-state index in [1.165, 1.54) is 0 Å². The van der Waals surface area contributed by atoms with Crippen LogP contribution in [0.15, 0.2) is 48.8 Å². The van der Waals surface area contributed by atoms with Gasteiger partial charge in [0.15, 0.2) is 0 Å². The number of aryl methyl sites for hydroxylation is 2. The minimum atomic E-state index is 0.281. The molecule has 0 amide bonds. The zero-order chi connectivity index (χ0) is 15.5. The van der Waals surface area contributed by atoms with E-state index in [0.29, 0.717) is 0 Å². The fourth-order valence-electron chi connectivity index (χ4n) is 2.76. The number of benzene rings is 1. The molecule has 0 saturated carbocycles. The van der Waals surface area contributed by atoms with Gasteiger partial charge in [-0.2, -0.15) is 5.10 Å². The van der Waals surface area contributed by atoms with Crippen molar-refractivity contribution in [3.8, 4) is 28.1 Å². The van der Waals surface area contributed by atoms with E-state index in [-0.39, 0.29) is 5.75 Å². The van der Waals surface area contributed by atoms with Crippen LogP contribution < -0.4 is 0 Å². The van der Waals surface area contributed by atoms with E-state index < -0.39 is 0 Å². The van der Waals surface area contributed by atoms with E-state index in [1.54, 1.807) is 18.5 Å². The van der Waals surface area contributed by atoms with E-state index >= 15 is 0 Å². The van der Waals surface area contributed by atoms with Crippen molar-refractivity contribution in [3.63, 3.8) is 0 Å². The molecule has 0 aliphatic rings. The molecule has 3 rings (SSSR count). The summed E-state index contributed by atoms with van der Waals surface area (Å²) in [6.45, 7) is 4.94. The van der Waals surface area contributed by atoms with Crippen LogP contribution in [0.5, 0.6) is 5.75 Å². The summed E-state index contributed by atoms with van der Waals surface area (Å²) in [6.07, 6.45) is 4.37. The highest BCUT2D eigenvalue weighted by molar-refractivity contribution is 5.85. The van der Waals surface area contributed by atoms with Crippen molar-refractivity contribution in [2.75, 3.05) is 0 Å². The number of pyridine rings is 1. The lowest BCUT2D eigenvalue weighted by Crippen LogP contribution is -1.99. The molecular weight excluding hydrogens is 274 g/mol. The monoisotopic (exact) mass is 293 g/mol. The van der Waals surface area contributed by atoms with Crippen molar-refractivity contribution in [2.24, 2.45) is 0 Å². The third-order valence-electron chi connectivity index (χ3n) is 3.79. The van der Waals surface area contributed by atoms with Gasteiger partial charge in [-0.25, -0.2) is 0 Å². The molecule has 1 aromatic carbocycles. The Morgan fingerprint density at radius 1 is 1.05 bits per heavy atom. The first kappa shape index (κ1) is 14.3. The van der Waals surface area contributed by atoms with Crippen molar-refractivity contribution in [2.45, 2.75) is 26.8 Å². The summed E-state index contributed by atoms with van der Waals surface area (Å²) in [4.78, 5) is 4.09. The number of para-hydroxylation sites is 1. The Labute approximate surface area is 130 Å². The van der Waals surface area contributed by atoms with Gasteiger partial charge in [0.2, 0.25) is 0 Å². The van der Waals surface area contributed by atoms with Crippen LogP contribution in [-0.2, 0) is 13.0 Å². The minimum Gasteiger partial charge on any atom is -0.507 e. The molecule has 0 fully saturated rings. The van der Waals surface area contributed by atoms with Gasteiger partial charge in [0.25, 0.3) is 0 Å². The van der Waals surface area contributed by atoms with Crippen molar-refractivity contribution < 1.29 is 5.11 Å². The topological polar surface area (TPSA) is 50.9 Å². The third-order valence-corrected chi connectivity index (χ3v) is 3.79. The molecule has 3 aromatic rings. The zero-order valence-corrected chi connectivity index (χ0v) is 12.8. The first-order valence-corrected chi connectivity index (χ1v) is 7.54. The summed E-state index contributed by atoms with van der Waals surface area (Å²) in [5.74, 6) is 0.281. The van der Waals surface area contributed by atoms with Crippen molar-refractivity contribution in [1.82, 2.24) is 14.8 Å². The third kappa shape index (κ3) is 2.37. The summed E-state index contributed by atoms with van der Waals surface area (Å²) < 4.78 is 2.00. The Balaban J connectivity index is 2.33. The Bertz CT molecular complexity index is 778. The number of aromatic nitrogens is 3. The smallest absolute Gasteiger partial charge is 0.123 e. The predicted molar refractivity (Wildman–Crippen MR) is 87.6 cm³/mol. The van der Waals surface area contributed by atoms with Crippen LogP contribution in [0.3, 0.4) is 0 Å². The highest BCUT2D eigenvalue weighted by Gasteiger charge is 2.21. The van der Waals surface area contributed by atoms with Crippen LogP contribution >= 0.6 is 0 Å². The van der Waals surface area contributed by atoms with Crippen LogP contribution in [0.25, 0.3) is 22.4 Å². The molecule has 0 atom stereocenters. The zero-order valence-electron chi connectivity index (χ0n) is 12.8. The molecule has 112 valence electrons. The minimum absolute atomic E-state index is 0.281. The molecule has 22 heavy (non-hydrogen) atoms. The maximum absolute atomic E-state index is 10.3. The Morgan fingerprint density at radius 3 is 2.41 bits per heavy atom. The molecular formula is C18H19N3O. The van der Waals surface area contributed by atoms with Gasteiger partial charge >= 0.3 is 0 Å². The summed E-state index contributed by atoms with van der Waals surface area (Å²) in [5, 5.41) is 15.0. The quantitative estimate of drug-likeness (QED) is 0.793. The number of aromatic hydroxyl groups is 1. The highest BCUT2D eigenvalue weighted by atomic mass is 16.3. The van der Waals surface area contributed by atoms with Crippen molar-refractivity contribution in [1.29, 1.82) is 0 Å². The van der Waals surface area contributed by atoms with E-state index in [2.05, 4.69) is 18.8 Å². The molecule has 1 N–H and O–H groups in total. The standard InChI is InChI=1S/C18H19N3O/c1-3-15-17(14-7-5-6-8-16(14)22)18(21(4-2)20-15)13-9-11-19-12-10-13/h5-12,22H,3-4H2,1-2H3. The predicted octanol–water partition coefficient (Wildman–Crippen LogP) is 3.90. The van der Waals surface area contributed by atoms with Gasteiger partial charge in [0, 0.05) is 35.6 Å². The van der Waals surface area contributed by atoms with Crippen LogP contribution in [0.4, 0.5) is 0 Å². The van der Waals surface area contributed by atoms with Crippen LogP contribution in [-0.4, -0.2) is 19.9 Å². The summed E-state index contributed by atoms with van der Waals surface area (Å²) in [5.41, 5.74) is 4.92. The molecule has 4 heteroatoms. The highest BCUT2D eigenvalue weighted by Crippen LogP contribution is 2.39. The average molecular weight is 293 g/mol. The number of rotatable bonds is 4. The lowest BCUT2D eigenvalue weighted by atomic mass is 9.97. The van der Waals surface area contributed by atoms with Gasteiger partial charge in [-0.1, -0.05) is 25.1 Å². The van der Waals surface area contributed by atoms with Gasteiger partial charge in [-0.15, -0.1) is 0 Å². The van der Waals surface area contributed by atoms with Gasteiger partial charge in [0.05, 0.1) is 11.4 Å². The molecule has 0 spiro atoms. The van der Waals surface area contributed by atoms with E-state index in [4.69, 9.17) is 5.10 Å². The van der Waals surface area contributed by atoms with Crippen LogP contribution in [0.2, 0.25) is 0 Å². The maximum Gasteiger partial charge on any atom is 0.123 e. The molecule has 0 saturated heterocycles. The number of phenolic OH excluding ortho intramolecular Hbond substituents is 1. The first-order chi connectivity index (χ1) is 10.8. The number of phenols is 1. The van der Waals surface area contributed by atoms with Crippen molar-refractivity contribution in [3.05, 3.63) is 54.5 Å². The van der Waals surface area contributed by atoms with E-state index in [1.807, 2.05) is 35.0 Å². The number of hydrogen-bond acceptors (Lipinski definition) is 3. The van der Waals surface area contributed by atoms with Crippen LogP contribution in [0.1, 0.15) is 19.5 Å². The molecule has 0 unspecified atom stereocenters. The lowest BCUT2D eigenvalue weighted by Gasteiger charge is -2.10. The summed E-state index contributed by atoms with van der Waals surface area (Å²) >= 11 is 0. The SMILES string of the molecule is CCc1nn(CC)c(-c2ccncc2)c1-c1ccccc1O. The lowest BCUT2D eigenvalue weighted by molar-refractivity contribution is 0.477. The van der Waals surface area contributed by atoms with Gasteiger partial charge < -0.3 is 5.11 Å². The normalized spacial score (nSPS) is 10.8. The molecule has 4 nitrogen and oxygen atoms in total. The van der Waals surface area contributed by atoms with Gasteiger partial charge in [-0.05, 0) is 31.5 Å². The second kappa shape index (κ2) is 6.02. The first-order valence-electron chi connectivity index (χ1n) is 7.54. The van der Waals surface area contributed by atoms with Gasteiger partial charge in [-0.3, -0.25) is 9.67 Å². The Kier molecular flexibility index (Phi) is 3.92. The van der Waals surface area contributed by atoms with Gasteiger partial charge in [0.1, 0.15) is 5.75 Å². The van der Waals surface area contributed by atoms with Crippen LogP contribution in [0, 0.1) is 0 Å². The molecule has 2 heterocycles. The number of hydrogen-bond donors (Lipinski definition) is 1. The fraction of sp³-hybridized carbons (Fsp3) is 0.222. The molecule has 0 radical (unpaired) electrons. The second-order valence-corrected chi connectivity index (χ2v) is 5.09.